The number of amides is 1. The third-order valence-electron chi connectivity index (χ3n) is 11.5. The molecule has 4 N–H and O–H groups in total. The number of aliphatic hydroxyl groups is 1. The average molecular weight is 875 g/mol. The predicted octanol–water partition coefficient (Wildman–Crippen LogP) is 7.58. The number of imidazole rings is 1. The van der Waals surface area contributed by atoms with E-state index >= 15 is 0 Å². The SMILES string of the molecule is CC(C)NCC(C(=O)N1CCN(c2ncnc3c2C(C)CC3O)CC1)c1ccc(Cl)cc1.CC(Nc1ncnc2nc[nH]c12)c1cc2cccc(Cl)c2c(=O)n1-c1ccccc1. The van der Waals surface area contributed by atoms with Gasteiger partial charge in [-0.15, -0.1) is 0 Å². The minimum Gasteiger partial charge on any atom is -0.387 e. The van der Waals surface area contributed by atoms with Gasteiger partial charge >= 0.3 is 0 Å². The Bertz CT molecular complexity index is 2740. The first kappa shape index (κ1) is 42.7. The van der Waals surface area contributed by atoms with E-state index in [0.717, 1.165) is 39.4 Å². The maximum absolute atomic E-state index is 13.5. The third kappa shape index (κ3) is 8.86. The van der Waals surface area contributed by atoms with Gasteiger partial charge in [0.05, 0.1) is 40.5 Å². The van der Waals surface area contributed by atoms with E-state index in [1.165, 1.54) is 6.33 Å². The summed E-state index contributed by atoms with van der Waals surface area (Å²) in [5.74, 6) is 1.63. The largest absolute Gasteiger partial charge is 0.387 e. The van der Waals surface area contributed by atoms with Gasteiger partial charge in [0, 0.05) is 60.7 Å². The summed E-state index contributed by atoms with van der Waals surface area (Å²) in [4.78, 5) is 55.8. The highest BCUT2D eigenvalue weighted by molar-refractivity contribution is 6.35. The fourth-order valence-electron chi connectivity index (χ4n) is 8.36. The molecule has 7 aromatic rings. The number of carbonyl (C=O) groups is 1. The van der Waals surface area contributed by atoms with E-state index < -0.39 is 6.10 Å². The summed E-state index contributed by atoms with van der Waals surface area (Å²) in [7, 11) is 0. The van der Waals surface area contributed by atoms with Crippen molar-refractivity contribution in [1.82, 2.24) is 44.7 Å². The first-order valence-electron chi connectivity index (χ1n) is 20.8. The van der Waals surface area contributed by atoms with Crippen molar-refractivity contribution in [2.45, 2.75) is 64.1 Å². The van der Waals surface area contributed by atoms with Crippen LogP contribution in [0.2, 0.25) is 10.0 Å². The topological polar surface area (TPSA) is 170 Å². The van der Waals surface area contributed by atoms with Crippen LogP contribution in [0, 0.1) is 0 Å². The Morgan fingerprint density at radius 2 is 1.65 bits per heavy atom. The first-order chi connectivity index (χ1) is 30.0. The van der Waals surface area contributed by atoms with Crippen molar-refractivity contribution >= 4 is 62.7 Å². The lowest BCUT2D eigenvalue weighted by Gasteiger charge is -2.38. The maximum atomic E-state index is 13.5. The molecule has 4 aromatic heterocycles. The number of nitrogens with one attached hydrogen (secondary N) is 3. The van der Waals surface area contributed by atoms with Crippen molar-refractivity contribution in [2.24, 2.45) is 0 Å². The summed E-state index contributed by atoms with van der Waals surface area (Å²) in [5, 5.41) is 19.5. The Labute approximate surface area is 369 Å². The number of aromatic nitrogens is 7. The van der Waals surface area contributed by atoms with Gasteiger partial charge in [-0.1, -0.05) is 86.4 Å². The Kier molecular flexibility index (Phi) is 12.8. The Hall–Kier alpha value is -5.93. The van der Waals surface area contributed by atoms with Crippen LogP contribution >= 0.6 is 23.2 Å². The molecule has 16 heteroatoms. The Morgan fingerprint density at radius 1 is 0.903 bits per heavy atom. The summed E-state index contributed by atoms with van der Waals surface area (Å²) in [6.45, 7) is 11.6. The number of para-hydroxylation sites is 1. The minimum absolute atomic E-state index is 0.136. The fourth-order valence-corrected chi connectivity index (χ4v) is 8.75. The standard InChI is InChI=1S/C24H32ClN5O2.C22H17ClN6O/c1-15(2)26-13-19(17-4-6-18(25)7-5-17)24(32)30-10-8-29(9-11-30)23-21-16(3)12-20(31)22(21)27-14-28-23;1-13(28-21-19-20(25-11-24-19)26-12-27-21)17-10-14-6-5-9-16(23)18(14)22(30)29(17)15-7-3-2-4-8-15/h4-7,14-16,19-20,26,31H,8-13H2,1-3H3;2-13H,1H3,(H2,24,25,26,27,28). The molecule has 9 rings (SSSR count). The summed E-state index contributed by atoms with van der Waals surface area (Å²) in [6, 6.07) is 24.6. The Morgan fingerprint density at radius 3 is 2.39 bits per heavy atom. The van der Waals surface area contributed by atoms with Gasteiger partial charge in [-0.05, 0) is 66.6 Å². The van der Waals surface area contributed by atoms with Crippen LogP contribution in [-0.4, -0.2) is 89.2 Å². The van der Waals surface area contributed by atoms with Crippen LogP contribution in [0.25, 0.3) is 27.6 Å². The number of benzene rings is 3. The van der Waals surface area contributed by atoms with Gasteiger partial charge in [0.25, 0.3) is 5.56 Å². The molecule has 1 aliphatic heterocycles. The summed E-state index contributed by atoms with van der Waals surface area (Å²) in [6.07, 6.45) is 4.75. The first-order valence-corrected chi connectivity index (χ1v) is 21.6. The molecule has 4 unspecified atom stereocenters. The number of fused-ring (bicyclic) bond motifs is 3. The molecule has 4 atom stereocenters. The fraction of sp³-hybridized carbons (Fsp3) is 0.326. The number of hydrogen-bond donors (Lipinski definition) is 4. The highest BCUT2D eigenvalue weighted by Gasteiger charge is 2.35. The highest BCUT2D eigenvalue weighted by atomic mass is 35.5. The Balaban J connectivity index is 0.000000171. The van der Waals surface area contributed by atoms with Gasteiger partial charge < -0.3 is 30.5 Å². The monoisotopic (exact) mass is 873 g/mol. The van der Waals surface area contributed by atoms with Crippen molar-refractivity contribution in [3.8, 4) is 5.69 Å². The zero-order valence-corrected chi connectivity index (χ0v) is 36.5. The van der Waals surface area contributed by atoms with Crippen LogP contribution in [0.15, 0.2) is 103 Å². The van der Waals surface area contributed by atoms with Gasteiger partial charge in [-0.2, -0.15) is 0 Å². The van der Waals surface area contributed by atoms with Crippen molar-refractivity contribution in [1.29, 1.82) is 0 Å². The molecule has 1 fully saturated rings. The minimum atomic E-state index is -0.516. The molecule has 1 amide bonds. The van der Waals surface area contributed by atoms with Gasteiger partial charge in [-0.25, -0.2) is 24.9 Å². The zero-order valence-electron chi connectivity index (χ0n) is 35.0. The summed E-state index contributed by atoms with van der Waals surface area (Å²) >= 11 is 12.4. The van der Waals surface area contributed by atoms with Crippen LogP contribution in [-0.2, 0) is 4.79 Å². The number of rotatable bonds is 10. The van der Waals surface area contributed by atoms with Gasteiger partial charge in [0.2, 0.25) is 5.91 Å². The second-order valence-corrected chi connectivity index (χ2v) is 16.9. The molecule has 14 nitrogen and oxygen atoms in total. The van der Waals surface area contributed by atoms with Gasteiger partial charge in [-0.3, -0.25) is 14.2 Å². The number of aliphatic hydroxyl groups excluding tert-OH is 1. The second kappa shape index (κ2) is 18.6. The molecule has 0 radical (unpaired) electrons. The lowest BCUT2D eigenvalue weighted by Crippen LogP contribution is -2.51. The molecule has 0 saturated carbocycles. The van der Waals surface area contributed by atoms with Gasteiger partial charge in [0.1, 0.15) is 24.0 Å². The molecule has 0 spiro atoms. The summed E-state index contributed by atoms with van der Waals surface area (Å²) < 4.78 is 1.69. The van der Waals surface area contributed by atoms with Crippen molar-refractivity contribution in [3.05, 3.63) is 141 Å². The van der Waals surface area contributed by atoms with E-state index in [1.807, 2.05) is 84.6 Å². The van der Waals surface area contributed by atoms with Crippen LogP contribution in [0.3, 0.4) is 0 Å². The van der Waals surface area contributed by atoms with Crippen LogP contribution in [0.1, 0.15) is 80.6 Å². The molecular formula is C46H49Cl2N11O3. The number of aromatic amines is 1. The number of hydrogen-bond acceptors (Lipinski definition) is 11. The lowest BCUT2D eigenvalue weighted by atomic mass is 9.96. The van der Waals surface area contributed by atoms with E-state index in [-0.39, 0.29) is 29.3 Å². The second-order valence-electron chi connectivity index (χ2n) is 16.1. The van der Waals surface area contributed by atoms with E-state index in [2.05, 4.69) is 66.2 Å². The number of carbonyl (C=O) groups excluding carboxylic acids is 1. The molecule has 1 aliphatic carbocycles. The maximum Gasteiger partial charge on any atom is 0.264 e. The van der Waals surface area contributed by atoms with E-state index in [4.69, 9.17) is 23.2 Å². The van der Waals surface area contributed by atoms with Crippen LogP contribution in [0.5, 0.6) is 0 Å². The van der Waals surface area contributed by atoms with Crippen molar-refractivity contribution in [3.63, 3.8) is 0 Å². The van der Waals surface area contributed by atoms with Crippen molar-refractivity contribution < 1.29 is 9.90 Å². The molecule has 62 heavy (non-hydrogen) atoms. The molecule has 5 heterocycles. The van der Waals surface area contributed by atoms with Crippen molar-refractivity contribution in [2.75, 3.05) is 42.9 Å². The summed E-state index contributed by atoms with van der Waals surface area (Å²) in [5.41, 5.74) is 5.46. The number of pyridine rings is 1. The van der Waals surface area contributed by atoms with Gasteiger partial charge in [0.15, 0.2) is 11.5 Å². The zero-order chi connectivity index (χ0) is 43.5. The number of halogens is 2. The lowest BCUT2D eigenvalue weighted by molar-refractivity contribution is -0.133. The molecular weight excluding hydrogens is 825 g/mol. The van der Waals surface area contributed by atoms with E-state index in [0.29, 0.717) is 77.6 Å². The smallest absolute Gasteiger partial charge is 0.264 e. The number of H-pyrrole nitrogens is 1. The van der Waals surface area contributed by atoms with E-state index in [1.54, 1.807) is 23.3 Å². The average Bonchev–Trinajstić information content (AvgIpc) is 3.88. The quantitative estimate of drug-likeness (QED) is 0.107. The molecule has 320 valence electrons. The molecule has 1 saturated heterocycles. The van der Waals surface area contributed by atoms with Crippen LogP contribution < -0.4 is 21.1 Å². The number of piperazine rings is 1. The highest BCUT2D eigenvalue weighted by Crippen LogP contribution is 2.43. The predicted molar refractivity (Wildman–Crippen MR) is 244 cm³/mol. The molecule has 0 bridgehead atoms. The number of anilines is 2. The molecule has 2 aliphatic rings. The van der Waals surface area contributed by atoms with E-state index in [9.17, 15) is 14.7 Å². The molecule has 3 aromatic carbocycles. The normalized spacial score (nSPS) is 17.2. The number of nitrogens with zero attached hydrogens (tertiary/aromatic N) is 8. The van der Waals surface area contributed by atoms with Crippen LogP contribution in [0.4, 0.5) is 11.6 Å². The third-order valence-corrected chi connectivity index (χ3v) is 12.1.